The minimum Gasteiger partial charge on any atom is -0.406 e. The van der Waals surface area contributed by atoms with E-state index < -0.39 is 12.2 Å². The summed E-state index contributed by atoms with van der Waals surface area (Å²) >= 11 is 6.08. The summed E-state index contributed by atoms with van der Waals surface area (Å²) in [5, 5.41) is 6.26. The molecule has 1 aromatic heterocycles. The number of anilines is 3. The van der Waals surface area contributed by atoms with E-state index in [0.717, 1.165) is 6.07 Å². The highest BCUT2D eigenvalue weighted by molar-refractivity contribution is 6.33. The Balaban J connectivity index is 2.02. The molecule has 0 radical (unpaired) electrons. The smallest absolute Gasteiger partial charge is 0.406 e. The van der Waals surface area contributed by atoms with Crippen molar-refractivity contribution in [2.45, 2.75) is 32.7 Å². The Labute approximate surface area is 181 Å². The second-order valence-corrected chi connectivity index (χ2v) is 8.07. The van der Waals surface area contributed by atoms with Gasteiger partial charge < -0.3 is 15.4 Å². The zero-order valence-electron chi connectivity index (χ0n) is 16.8. The van der Waals surface area contributed by atoms with Crippen LogP contribution >= 0.6 is 11.6 Å². The average molecular weight is 455 g/mol. The van der Waals surface area contributed by atoms with E-state index in [9.17, 15) is 17.6 Å². The van der Waals surface area contributed by atoms with Gasteiger partial charge in [-0.3, -0.25) is 0 Å². The lowest BCUT2D eigenvalue weighted by molar-refractivity contribution is -0.274. The molecule has 2 N–H and O–H groups in total. The molecule has 5 nitrogen and oxygen atoms in total. The zero-order valence-corrected chi connectivity index (χ0v) is 17.6. The molecule has 0 saturated heterocycles. The van der Waals surface area contributed by atoms with Gasteiger partial charge in [0.05, 0.1) is 16.4 Å². The van der Waals surface area contributed by atoms with E-state index in [0.29, 0.717) is 22.8 Å². The van der Waals surface area contributed by atoms with Crippen LogP contribution in [0.25, 0.3) is 11.3 Å². The molecule has 3 rings (SSSR count). The molecule has 0 unspecified atom stereocenters. The molecule has 0 amide bonds. The molecule has 0 aliphatic heterocycles. The average Bonchev–Trinajstić information content (AvgIpc) is 2.61. The maximum Gasteiger partial charge on any atom is 0.573 e. The molecule has 0 aliphatic carbocycles. The monoisotopic (exact) mass is 454 g/mol. The molecule has 3 aromatic rings. The summed E-state index contributed by atoms with van der Waals surface area (Å²) in [6.07, 6.45) is -4.81. The van der Waals surface area contributed by atoms with Crippen LogP contribution in [0.15, 0.2) is 48.5 Å². The van der Waals surface area contributed by atoms with Gasteiger partial charge in [-0.1, -0.05) is 23.7 Å². The van der Waals surface area contributed by atoms with Crippen LogP contribution < -0.4 is 15.4 Å². The summed E-state index contributed by atoms with van der Waals surface area (Å²) in [7, 11) is 0. The zero-order chi connectivity index (χ0) is 22.8. The lowest BCUT2D eigenvalue weighted by Gasteiger charge is -2.21. The molecule has 0 fully saturated rings. The van der Waals surface area contributed by atoms with Crippen LogP contribution in [0.1, 0.15) is 20.8 Å². The number of nitrogens with one attached hydrogen (secondary N) is 2. The highest BCUT2D eigenvalue weighted by Crippen LogP contribution is 2.31. The Morgan fingerprint density at radius 3 is 2.35 bits per heavy atom. The highest BCUT2D eigenvalue weighted by Gasteiger charge is 2.31. The van der Waals surface area contributed by atoms with Gasteiger partial charge in [0.15, 0.2) is 0 Å². The number of nitrogens with zero attached hydrogens (tertiary/aromatic N) is 2. The van der Waals surface area contributed by atoms with Gasteiger partial charge in [0.1, 0.15) is 17.4 Å². The Bertz CT molecular complexity index is 1080. The van der Waals surface area contributed by atoms with Crippen molar-refractivity contribution >= 4 is 29.1 Å². The predicted molar refractivity (Wildman–Crippen MR) is 112 cm³/mol. The molecule has 10 heteroatoms. The first-order chi connectivity index (χ1) is 14.4. The third-order valence-corrected chi connectivity index (χ3v) is 4.08. The topological polar surface area (TPSA) is 59.1 Å². The predicted octanol–water partition coefficient (Wildman–Crippen LogP) is 6.79. The summed E-state index contributed by atoms with van der Waals surface area (Å²) in [5.74, 6) is -0.305. The van der Waals surface area contributed by atoms with Gasteiger partial charge in [-0.05, 0) is 51.1 Å². The standard InChI is InChI=1S/C21H19ClF4N4O/c1-20(2,3)30-19-28-17(12-5-4-6-14(9-12)31-21(24,25)26)11-18(29-19)27-16-8-7-13(23)10-15(16)22/h4-11H,1-3H3,(H2,27,28,29,30). The summed E-state index contributed by atoms with van der Waals surface area (Å²) in [6, 6.07) is 10.8. The van der Waals surface area contributed by atoms with Crippen LogP contribution in [0, 0.1) is 5.82 Å². The third kappa shape index (κ3) is 6.71. The third-order valence-electron chi connectivity index (χ3n) is 3.77. The second kappa shape index (κ2) is 8.58. The molecular weight excluding hydrogens is 436 g/mol. The Morgan fingerprint density at radius 1 is 0.968 bits per heavy atom. The number of alkyl halides is 3. The van der Waals surface area contributed by atoms with Gasteiger partial charge in [-0.2, -0.15) is 4.98 Å². The van der Waals surface area contributed by atoms with Crippen LogP contribution in [-0.4, -0.2) is 21.9 Å². The van der Waals surface area contributed by atoms with Crippen LogP contribution in [0.4, 0.5) is 35.0 Å². The fourth-order valence-electron chi connectivity index (χ4n) is 2.63. The Kier molecular flexibility index (Phi) is 6.26. The first kappa shape index (κ1) is 22.6. The van der Waals surface area contributed by atoms with Gasteiger partial charge in [0.2, 0.25) is 5.95 Å². The lowest BCUT2D eigenvalue weighted by atomic mass is 10.1. The van der Waals surface area contributed by atoms with E-state index in [1.54, 1.807) is 12.1 Å². The molecule has 0 atom stereocenters. The second-order valence-electron chi connectivity index (χ2n) is 7.66. The van der Waals surface area contributed by atoms with Gasteiger partial charge in [0.25, 0.3) is 0 Å². The Morgan fingerprint density at radius 2 is 1.71 bits per heavy atom. The number of hydrogen-bond donors (Lipinski definition) is 2. The van der Waals surface area contributed by atoms with Crippen molar-refractivity contribution < 1.29 is 22.3 Å². The van der Waals surface area contributed by atoms with E-state index >= 15 is 0 Å². The molecule has 0 spiro atoms. The number of halogens is 5. The fraction of sp³-hybridized carbons (Fsp3) is 0.238. The number of ether oxygens (including phenoxy) is 1. The van der Waals surface area contributed by atoms with Crippen molar-refractivity contribution in [3.8, 4) is 17.0 Å². The summed E-state index contributed by atoms with van der Waals surface area (Å²) < 4.78 is 55.1. The van der Waals surface area contributed by atoms with Gasteiger partial charge in [-0.25, -0.2) is 9.37 Å². The molecule has 0 saturated carbocycles. The van der Waals surface area contributed by atoms with Crippen LogP contribution in [-0.2, 0) is 0 Å². The fourth-order valence-corrected chi connectivity index (χ4v) is 2.85. The van der Waals surface area contributed by atoms with Crippen LogP contribution in [0.2, 0.25) is 5.02 Å². The first-order valence-corrected chi connectivity index (χ1v) is 9.51. The van der Waals surface area contributed by atoms with Gasteiger partial charge >= 0.3 is 6.36 Å². The van der Waals surface area contributed by atoms with E-state index in [2.05, 4.69) is 25.3 Å². The molecule has 164 valence electrons. The Hall–Kier alpha value is -3.07. The van der Waals surface area contributed by atoms with E-state index in [1.165, 1.54) is 30.3 Å². The van der Waals surface area contributed by atoms with Crippen molar-refractivity contribution in [3.05, 3.63) is 59.4 Å². The number of rotatable bonds is 5. The van der Waals surface area contributed by atoms with Gasteiger partial charge in [-0.15, -0.1) is 13.2 Å². The summed E-state index contributed by atoms with van der Waals surface area (Å²) in [6.45, 7) is 5.72. The largest absolute Gasteiger partial charge is 0.573 e. The minimum atomic E-state index is -4.81. The molecule has 1 heterocycles. The number of aromatic nitrogens is 2. The lowest BCUT2D eigenvalue weighted by Crippen LogP contribution is -2.27. The minimum absolute atomic E-state index is 0.145. The van der Waals surface area contributed by atoms with Crippen molar-refractivity contribution in [3.63, 3.8) is 0 Å². The number of hydrogen-bond acceptors (Lipinski definition) is 5. The van der Waals surface area contributed by atoms with Crippen molar-refractivity contribution in [2.24, 2.45) is 0 Å². The van der Waals surface area contributed by atoms with E-state index in [1.807, 2.05) is 20.8 Å². The highest BCUT2D eigenvalue weighted by atomic mass is 35.5. The van der Waals surface area contributed by atoms with E-state index in [-0.39, 0.29) is 22.3 Å². The SMILES string of the molecule is CC(C)(C)Nc1nc(Nc2ccc(F)cc2Cl)cc(-c2cccc(OC(F)(F)F)c2)n1. The maximum atomic E-state index is 13.3. The summed E-state index contributed by atoms with van der Waals surface area (Å²) in [4.78, 5) is 8.80. The maximum absolute atomic E-state index is 13.3. The normalized spacial score (nSPS) is 11.9. The van der Waals surface area contributed by atoms with E-state index in [4.69, 9.17) is 11.6 Å². The van der Waals surface area contributed by atoms with Crippen molar-refractivity contribution in [1.82, 2.24) is 9.97 Å². The number of benzene rings is 2. The van der Waals surface area contributed by atoms with Crippen molar-refractivity contribution in [2.75, 3.05) is 10.6 Å². The first-order valence-electron chi connectivity index (χ1n) is 9.13. The quantitative estimate of drug-likeness (QED) is 0.416. The van der Waals surface area contributed by atoms with Crippen molar-refractivity contribution in [1.29, 1.82) is 0 Å². The molecule has 0 aliphatic rings. The molecule has 31 heavy (non-hydrogen) atoms. The van der Waals surface area contributed by atoms with Crippen LogP contribution in [0.3, 0.4) is 0 Å². The summed E-state index contributed by atoms with van der Waals surface area (Å²) in [5.41, 5.74) is 0.748. The van der Waals surface area contributed by atoms with Crippen LogP contribution in [0.5, 0.6) is 5.75 Å². The van der Waals surface area contributed by atoms with Gasteiger partial charge in [0, 0.05) is 17.2 Å². The molecule has 0 bridgehead atoms. The molecular formula is C21H19ClF4N4O. The molecule has 2 aromatic carbocycles.